The first kappa shape index (κ1) is 11.2. The molecule has 0 saturated heterocycles. The van der Waals surface area contributed by atoms with Crippen LogP contribution in [0.1, 0.15) is 20.8 Å². The monoisotopic (exact) mass is 173 g/mol. The third kappa shape index (κ3) is 5.97. The first-order valence-corrected chi connectivity index (χ1v) is 4.15. The van der Waals surface area contributed by atoms with E-state index in [-0.39, 0.29) is 6.10 Å². The lowest BCUT2D eigenvalue weighted by atomic mass is 10.4. The van der Waals surface area contributed by atoms with Gasteiger partial charge < -0.3 is 15.8 Å². The summed E-state index contributed by atoms with van der Waals surface area (Å²) in [5.41, 5.74) is 5.56. The molecule has 12 heavy (non-hydrogen) atoms. The number of ether oxygens (including phenoxy) is 1. The molecule has 0 amide bonds. The minimum absolute atomic E-state index is 0.123. The van der Waals surface area contributed by atoms with Gasteiger partial charge in [-0.05, 0) is 20.8 Å². The Morgan fingerprint density at radius 2 is 2.08 bits per heavy atom. The fourth-order valence-corrected chi connectivity index (χ4v) is 0.643. The Morgan fingerprint density at radius 1 is 1.50 bits per heavy atom. The van der Waals surface area contributed by atoms with Crippen LogP contribution in [-0.4, -0.2) is 31.8 Å². The molecule has 1 atom stereocenters. The highest BCUT2D eigenvalue weighted by molar-refractivity contribution is 5.78. The van der Waals surface area contributed by atoms with Crippen LogP contribution in [0, 0.1) is 0 Å². The molecule has 4 nitrogen and oxygen atoms in total. The van der Waals surface area contributed by atoms with Crippen molar-refractivity contribution in [2.75, 3.05) is 13.7 Å². The summed E-state index contributed by atoms with van der Waals surface area (Å²) in [6, 6.07) is 0.326. The molecule has 0 bridgehead atoms. The van der Waals surface area contributed by atoms with E-state index in [0.29, 0.717) is 18.5 Å². The van der Waals surface area contributed by atoms with Crippen LogP contribution in [0.15, 0.2) is 4.99 Å². The zero-order valence-electron chi connectivity index (χ0n) is 8.29. The van der Waals surface area contributed by atoms with Crippen molar-refractivity contribution in [1.82, 2.24) is 5.32 Å². The van der Waals surface area contributed by atoms with Gasteiger partial charge >= 0.3 is 0 Å². The van der Waals surface area contributed by atoms with Crippen LogP contribution in [0.5, 0.6) is 0 Å². The third-order valence-corrected chi connectivity index (χ3v) is 1.36. The van der Waals surface area contributed by atoms with Crippen molar-refractivity contribution in [2.24, 2.45) is 10.7 Å². The second-order valence-electron chi connectivity index (χ2n) is 3.07. The number of guanidine groups is 1. The summed E-state index contributed by atoms with van der Waals surface area (Å²) in [5.74, 6) is 0.480. The molecule has 0 aromatic carbocycles. The zero-order chi connectivity index (χ0) is 9.56. The van der Waals surface area contributed by atoms with Gasteiger partial charge in [-0.1, -0.05) is 0 Å². The van der Waals surface area contributed by atoms with Crippen molar-refractivity contribution >= 4 is 5.96 Å². The van der Waals surface area contributed by atoms with Crippen molar-refractivity contribution in [1.29, 1.82) is 0 Å². The Labute approximate surface area is 74.2 Å². The Hall–Kier alpha value is -0.770. The molecular weight excluding hydrogens is 154 g/mol. The maximum Gasteiger partial charge on any atom is 0.188 e. The van der Waals surface area contributed by atoms with Gasteiger partial charge in [0.1, 0.15) is 0 Å². The number of aliphatic imine (C=N–C) groups is 1. The molecule has 1 unspecified atom stereocenters. The van der Waals surface area contributed by atoms with Crippen molar-refractivity contribution in [3.63, 3.8) is 0 Å². The van der Waals surface area contributed by atoms with Crippen LogP contribution >= 0.6 is 0 Å². The van der Waals surface area contributed by atoms with Crippen molar-refractivity contribution in [3.05, 3.63) is 0 Å². The molecule has 72 valence electrons. The number of nitrogens with one attached hydrogen (secondary N) is 1. The maximum absolute atomic E-state index is 5.56. The summed E-state index contributed by atoms with van der Waals surface area (Å²) in [7, 11) is 1.66. The molecule has 4 heteroatoms. The fraction of sp³-hybridized carbons (Fsp3) is 0.875. The molecule has 0 aliphatic carbocycles. The van der Waals surface area contributed by atoms with E-state index in [9.17, 15) is 0 Å². The Bertz CT molecular complexity index is 145. The molecule has 0 aliphatic rings. The number of nitrogens with two attached hydrogens (primary N) is 1. The lowest BCUT2D eigenvalue weighted by Crippen LogP contribution is -2.37. The SMILES string of the molecule is COC(C)CN=C(N)NC(C)C. The summed E-state index contributed by atoms with van der Waals surface area (Å²) < 4.78 is 5.02. The molecule has 0 radical (unpaired) electrons. The second-order valence-corrected chi connectivity index (χ2v) is 3.07. The summed E-state index contributed by atoms with van der Waals surface area (Å²) in [6.45, 7) is 6.58. The highest BCUT2D eigenvalue weighted by Gasteiger charge is 1.98. The van der Waals surface area contributed by atoms with Gasteiger partial charge in [0.15, 0.2) is 5.96 Å². The first-order chi connectivity index (χ1) is 5.56. The van der Waals surface area contributed by atoms with Gasteiger partial charge in [0.05, 0.1) is 12.6 Å². The van der Waals surface area contributed by atoms with Crippen LogP contribution in [0.25, 0.3) is 0 Å². The van der Waals surface area contributed by atoms with Gasteiger partial charge in [0.2, 0.25) is 0 Å². The van der Waals surface area contributed by atoms with E-state index in [1.807, 2.05) is 20.8 Å². The third-order valence-electron chi connectivity index (χ3n) is 1.36. The van der Waals surface area contributed by atoms with Gasteiger partial charge in [0.25, 0.3) is 0 Å². The van der Waals surface area contributed by atoms with Gasteiger partial charge in [-0.2, -0.15) is 0 Å². The highest BCUT2D eigenvalue weighted by atomic mass is 16.5. The Kier molecular flexibility index (Phi) is 5.45. The van der Waals surface area contributed by atoms with Crippen molar-refractivity contribution < 1.29 is 4.74 Å². The lowest BCUT2D eigenvalue weighted by Gasteiger charge is -2.10. The average Bonchev–Trinajstić information content (AvgIpc) is 1.99. The van der Waals surface area contributed by atoms with E-state index in [1.54, 1.807) is 7.11 Å². The van der Waals surface area contributed by atoms with Gasteiger partial charge in [0, 0.05) is 13.2 Å². The van der Waals surface area contributed by atoms with Crippen molar-refractivity contribution in [2.45, 2.75) is 32.9 Å². The first-order valence-electron chi connectivity index (χ1n) is 4.15. The van der Waals surface area contributed by atoms with Crippen LogP contribution in [0.2, 0.25) is 0 Å². The quantitative estimate of drug-likeness (QED) is 0.476. The van der Waals surface area contributed by atoms with Crippen LogP contribution in [-0.2, 0) is 4.74 Å². The molecule has 0 heterocycles. The van der Waals surface area contributed by atoms with Crippen LogP contribution in [0.4, 0.5) is 0 Å². The number of rotatable bonds is 4. The predicted molar refractivity (Wildman–Crippen MR) is 51.2 cm³/mol. The summed E-state index contributed by atoms with van der Waals surface area (Å²) in [5, 5.41) is 2.99. The Balaban J connectivity index is 3.68. The standard InChI is InChI=1S/C8H19N3O/c1-6(2)11-8(9)10-5-7(3)12-4/h6-7H,5H2,1-4H3,(H3,9,10,11). The molecule has 0 fully saturated rings. The van der Waals surface area contributed by atoms with E-state index in [4.69, 9.17) is 10.5 Å². The summed E-state index contributed by atoms with van der Waals surface area (Å²) >= 11 is 0. The normalized spacial score (nSPS) is 14.9. The second kappa shape index (κ2) is 5.83. The lowest BCUT2D eigenvalue weighted by molar-refractivity contribution is 0.125. The molecule has 0 spiro atoms. The zero-order valence-corrected chi connectivity index (χ0v) is 8.29. The largest absolute Gasteiger partial charge is 0.380 e. The molecule has 0 saturated carbocycles. The van der Waals surface area contributed by atoms with Crippen molar-refractivity contribution in [3.8, 4) is 0 Å². The van der Waals surface area contributed by atoms with E-state index in [1.165, 1.54) is 0 Å². The van der Waals surface area contributed by atoms with Crippen LogP contribution < -0.4 is 11.1 Å². The molecular formula is C8H19N3O. The number of nitrogens with zero attached hydrogens (tertiary/aromatic N) is 1. The van der Waals surface area contributed by atoms with E-state index in [2.05, 4.69) is 10.3 Å². The van der Waals surface area contributed by atoms with E-state index in [0.717, 1.165) is 0 Å². The van der Waals surface area contributed by atoms with E-state index >= 15 is 0 Å². The topological polar surface area (TPSA) is 59.6 Å². The Morgan fingerprint density at radius 3 is 2.50 bits per heavy atom. The minimum atomic E-state index is 0.123. The molecule has 0 aliphatic heterocycles. The predicted octanol–water partition coefficient (Wildman–Crippen LogP) is 0.334. The maximum atomic E-state index is 5.56. The number of hydrogen-bond acceptors (Lipinski definition) is 2. The molecule has 0 aromatic heterocycles. The number of methoxy groups -OCH3 is 1. The fourth-order valence-electron chi connectivity index (χ4n) is 0.643. The van der Waals surface area contributed by atoms with Gasteiger partial charge in [-0.15, -0.1) is 0 Å². The molecule has 0 aromatic rings. The van der Waals surface area contributed by atoms with Gasteiger partial charge in [-0.3, -0.25) is 4.99 Å². The minimum Gasteiger partial charge on any atom is -0.380 e. The summed E-state index contributed by atoms with van der Waals surface area (Å²) in [4.78, 5) is 4.09. The smallest absolute Gasteiger partial charge is 0.188 e. The van der Waals surface area contributed by atoms with Gasteiger partial charge in [-0.25, -0.2) is 0 Å². The molecule has 0 rings (SSSR count). The molecule has 3 N–H and O–H groups in total. The summed E-state index contributed by atoms with van der Waals surface area (Å²) in [6.07, 6.45) is 0.123. The van der Waals surface area contributed by atoms with Crippen LogP contribution in [0.3, 0.4) is 0 Å². The number of hydrogen-bond donors (Lipinski definition) is 2. The highest BCUT2D eigenvalue weighted by Crippen LogP contribution is 1.87. The van der Waals surface area contributed by atoms with E-state index < -0.39 is 0 Å². The average molecular weight is 173 g/mol.